The summed E-state index contributed by atoms with van der Waals surface area (Å²) in [7, 11) is 0. The molecule has 3 aliphatic rings. The average Bonchev–Trinajstić information content (AvgIpc) is 2.79. The summed E-state index contributed by atoms with van der Waals surface area (Å²) in [6.45, 7) is 6.45. The van der Waals surface area contributed by atoms with Crippen molar-refractivity contribution in [1.82, 2.24) is 4.90 Å². The van der Waals surface area contributed by atoms with Gasteiger partial charge in [0, 0.05) is 18.8 Å². The number of morpholine rings is 1. The van der Waals surface area contributed by atoms with Crippen molar-refractivity contribution in [2.45, 2.75) is 26.2 Å². The van der Waals surface area contributed by atoms with Crippen molar-refractivity contribution in [3.63, 3.8) is 0 Å². The maximum atomic E-state index is 5.41. The monoisotopic (exact) mass is 193 g/mol. The standard InChI is InChI=1S/C12H19NO/c1-9-10-2-3-11(8-10)12(9)13-4-6-14-7-5-13/h10-11H,2-8H2,1H3. The summed E-state index contributed by atoms with van der Waals surface area (Å²) in [6, 6.07) is 0. The topological polar surface area (TPSA) is 12.5 Å². The number of nitrogens with zero attached hydrogens (tertiary/aromatic N) is 1. The molecule has 1 saturated carbocycles. The van der Waals surface area contributed by atoms with Crippen LogP contribution in [0, 0.1) is 11.8 Å². The molecular weight excluding hydrogens is 174 g/mol. The van der Waals surface area contributed by atoms with Crippen LogP contribution in [0.1, 0.15) is 26.2 Å². The molecule has 78 valence electrons. The minimum Gasteiger partial charge on any atom is -0.378 e. The highest BCUT2D eigenvalue weighted by Gasteiger charge is 2.39. The lowest BCUT2D eigenvalue weighted by Crippen LogP contribution is -2.37. The maximum absolute atomic E-state index is 5.41. The number of hydrogen-bond donors (Lipinski definition) is 0. The Morgan fingerprint density at radius 2 is 1.86 bits per heavy atom. The Morgan fingerprint density at radius 1 is 1.14 bits per heavy atom. The Bertz CT molecular complexity index is 265. The quantitative estimate of drug-likeness (QED) is 0.631. The zero-order chi connectivity index (χ0) is 9.54. The Balaban J connectivity index is 1.83. The van der Waals surface area contributed by atoms with E-state index in [-0.39, 0.29) is 0 Å². The smallest absolute Gasteiger partial charge is 0.0642 e. The Labute approximate surface area is 85.9 Å². The highest BCUT2D eigenvalue weighted by molar-refractivity contribution is 5.27. The lowest BCUT2D eigenvalue weighted by Gasteiger charge is -2.34. The van der Waals surface area contributed by atoms with Crippen LogP contribution in [0.2, 0.25) is 0 Å². The molecular formula is C12H19NO. The van der Waals surface area contributed by atoms with Crippen molar-refractivity contribution in [2.24, 2.45) is 11.8 Å². The van der Waals surface area contributed by atoms with Gasteiger partial charge in [-0.3, -0.25) is 0 Å². The van der Waals surface area contributed by atoms with Gasteiger partial charge in [0.05, 0.1) is 13.2 Å². The highest BCUT2D eigenvalue weighted by Crippen LogP contribution is 2.49. The van der Waals surface area contributed by atoms with Crippen LogP contribution in [0.3, 0.4) is 0 Å². The van der Waals surface area contributed by atoms with Crippen LogP contribution in [0.4, 0.5) is 0 Å². The molecule has 2 atom stereocenters. The molecule has 2 nitrogen and oxygen atoms in total. The number of hydrogen-bond acceptors (Lipinski definition) is 2. The lowest BCUT2D eigenvalue weighted by molar-refractivity contribution is 0.0487. The highest BCUT2D eigenvalue weighted by atomic mass is 16.5. The van der Waals surface area contributed by atoms with Crippen LogP contribution in [0.15, 0.2) is 11.3 Å². The van der Waals surface area contributed by atoms with Gasteiger partial charge in [0.2, 0.25) is 0 Å². The fraction of sp³-hybridized carbons (Fsp3) is 0.833. The number of fused-ring (bicyclic) bond motifs is 2. The second-order valence-electron chi connectivity index (χ2n) is 4.87. The number of allylic oxidation sites excluding steroid dienone is 2. The zero-order valence-electron chi connectivity index (χ0n) is 8.96. The van der Waals surface area contributed by atoms with Gasteiger partial charge in [0.25, 0.3) is 0 Å². The summed E-state index contributed by atoms with van der Waals surface area (Å²) in [5.74, 6) is 1.83. The van der Waals surface area contributed by atoms with E-state index in [1.807, 2.05) is 0 Å². The molecule has 0 amide bonds. The van der Waals surface area contributed by atoms with E-state index in [1.54, 1.807) is 11.3 Å². The summed E-state index contributed by atoms with van der Waals surface area (Å²) in [5, 5.41) is 0. The lowest BCUT2D eigenvalue weighted by atomic mass is 9.96. The fourth-order valence-electron chi connectivity index (χ4n) is 3.47. The molecule has 2 aliphatic carbocycles. The molecule has 0 aromatic rings. The third-order valence-electron chi connectivity index (χ3n) is 4.19. The third-order valence-corrected chi connectivity index (χ3v) is 4.19. The van der Waals surface area contributed by atoms with Crippen LogP contribution < -0.4 is 0 Å². The SMILES string of the molecule is CC1=C(N2CCOCC2)C2CCC1C2. The first-order valence-corrected chi connectivity index (χ1v) is 5.89. The van der Waals surface area contributed by atoms with Crippen molar-refractivity contribution < 1.29 is 4.74 Å². The Hall–Kier alpha value is -0.500. The second kappa shape index (κ2) is 3.27. The molecule has 14 heavy (non-hydrogen) atoms. The van der Waals surface area contributed by atoms with Gasteiger partial charge in [-0.05, 0) is 38.0 Å². The van der Waals surface area contributed by atoms with Crippen LogP contribution in [-0.4, -0.2) is 31.2 Å². The summed E-state index contributed by atoms with van der Waals surface area (Å²) in [4.78, 5) is 2.59. The normalized spacial score (nSPS) is 37.1. The molecule has 3 rings (SSSR count). The van der Waals surface area contributed by atoms with Crippen molar-refractivity contribution in [3.8, 4) is 0 Å². The van der Waals surface area contributed by atoms with E-state index in [2.05, 4.69) is 11.8 Å². The van der Waals surface area contributed by atoms with Gasteiger partial charge in [0.15, 0.2) is 0 Å². The largest absolute Gasteiger partial charge is 0.378 e. The molecule has 2 bridgehead atoms. The predicted octanol–water partition coefficient (Wildman–Crippen LogP) is 2.02. The van der Waals surface area contributed by atoms with Crippen LogP contribution in [0.25, 0.3) is 0 Å². The molecule has 0 spiro atoms. The van der Waals surface area contributed by atoms with E-state index in [0.29, 0.717) is 0 Å². The average molecular weight is 193 g/mol. The Kier molecular flexibility index (Phi) is 2.05. The molecule has 0 aromatic carbocycles. The summed E-state index contributed by atoms with van der Waals surface area (Å²) >= 11 is 0. The molecule has 1 aliphatic heterocycles. The summed E-state index contributed by atoms with van der Waals surface area (Å²) < 4.78 is 5.41. The van der Waals surface area contributed by atoms with Gasteiger partial charge < -0.3 is 9.64 Å². The molecule has 2 unspecified atom stereocenters. The van der Waals surface area contributed by atoms with Gasteiger partial charge in [0.1, 0.15) is 0 Å². The maximum Gasteiger partial charge on any atom is 0.0642 e. The van der Waals surface area contributed by atoms with E-state index in [9.17, 15) is 0 Å². The zero-order valence-corrected chi connectivity index (χ0v) is 8.96. The van der Waals surface area contributed by atoms with E-state index in [4.69, 9.17) is 4.74 Å². The van der Waals surface area contributed by atoms with Crippen molar-refractivity contribution in [1.29, 1.82) is 0 Å². The fourth-order valence-corrected chi connectivity index (χ4v) is 3.47. The van der Waals surface area contributed by atoms with Crippen LogP contribution in [0.5, 0.6) is 0 Å². The van der Waals surface area contributed by atoms with Crippen molar-refractivity contribution in [3.05, 3.63) is 11.3 Å². The molecule has 0 N–H and O–H groups in total. The molecule has 0 radical (unpaired) electrons. The third kappa shape index (κ3) is 1.20. The van der Waals surface area contributed by atoms with Crippen LogP contribution in [-0.2, 0) is 4.74 Å². The Morgan fingerprint density at radius 3 is 2.50 bits per heavy atom. The molecule has 0 aromatic heterocycles. The van der Waals surface area contributed by atoms with Gasteiger partial charge in [-0.2, -0.15) is 0 Å². The van der Waals surface area contributed by atoms with Gasteiger partial charge >= 0.3 is 0 Å². The van der Waals surface area contributed by atoms with Gasteiger partial charge in [-0.15, -0.1) is 0 Å². The molecule has 2 heteroatoms. The first-order chi connectivity index (χ1) is 6.86. The summed E-state index contributed by atoms with van der Waals surface area (Å²) in [6.07, 6.45) is 4.33. The first kappa shape index (κ1) is 8.78. The van der Waals surface area contributed by atoms with E-state index in [1.165, 1.54) is 19.3 Å². The van der Waals surface area contributed by atoms with E-state index >= 15 is 0 Å². The minimum absolute atomic E-state index is 0.901. The summed E-state index contributed by atoms with van der Waals surface area (Å²) in [5.41, 5.74) is 3.40. The second-order valence-corrected chi connectivity index (χ2v) is 4.87. The molecule has 1 saturated heterocycles. The van der Waals surface area contributed by atoms with Crippen molar-refractivity contribution >= 4 is 0 Å². The van der Waals surface area contributed by atoms with E-state index < -0.39 is 0 Å². The predicted molar refractivity (Wildman–Crippen MR) is 55.9 cm³/mol. The molecule has 2 fully saturated rings. The van der Waals surface area contributed by atoms with Crippen molar-refractivity contribution in [2.75, 3.05) is 26.3 Å². The van der Waals surface area contributed by atoms with Gasteiger partial charge in [-0.1, -0.05) is 5.57 Å². The number of ether oxygens (including phenoxy) is 1. The number of rotatable bonds is 1. The first-order valence-electron chi connectivity index (χ1n) is 5.89. The molecule has 1 heterocycles. The minimum atomic E-state index is 0.901. The van der Waals surface area contributed by atoms with Crippen LogP contribution >= 0.6 is 0 Å². The van der Waals surface area contributed by atoms with Gasteiger partial charge in [-0.25, -0.2) is 0 Å². The van der Waals surface area contributed by atoms with E-state index in [0.717, 1.165) is 38.1 Å².